The van der Waals surface area contributed by atoms with Crippen LogP contribution in [0.15, 0.2) is 18.3 Å². The first kappa shape index (κ1) is 12.4. The molecule has 1 aromatic rings. The number of nitrogens with zero attached hydrogens (tertiary/aromatic N) is 3. The van der Waals surface area contributed by atoms with Gasteiger partial charge < -0.3 is 9.64 Å². The molecular weight excluding hydrogens is 238 g/mol. The van der Waals surface area contributed by atoms with Gasteiger partial charge in [-0.2, -0.15) is 0 Å². The van der Waals surface area contributed by atoms with Crippen molar-refractivity contribution in [1.82, 2.24) is 9.88 Å². The Kier molecular flexibility index (Phi) is 3.65. The zero-order valence-electron chi connectivity index (χ0n) is 11.1. The van der Waals surface area contributed by atoms with Gasteiger partial charge in [0.15, 0.2) is 0 Å². The normalized spacial score (nSPS) is 21.0. The van der Waals surface area contributed by atoms with Crippen molar-refractivity contribution in [2.75, 3.05) is 19.6 Å². The standard InChI is InChI=1S/C15H19N3O/c1-16-13-4-5-15(17-10-13)19-14-6-8-18(9-7-14)11-12-2-3-12/h4-5,10,12,14H,2-3,6-9,11H2. The van der Waals surface area contributed by atoms with E-state index in [2.05, 4.69) is 14.7 Å². The van der Waals surface area contributed by atoms with Crippen molar-refractivity contribution in [1.29, 1.82) is 0 Å². The van der Waals surface area contributed by atoms with Crippen LogP contribution in [0.25, 0.3) is 4.85 Å². The second-order valence-electron chi connectivity index (χ2n) is 5.53. The molecule has 0 amide bonds. The second-order valence-corrected chi connectivity index (χ2v) is 5.53. The van der Waals surface area contributed by atoms with Gasteiger partial charge in [-0.05, 0) is 43.7 Å². The number of hydrogen-bond donors (Lipinski definition) is 0. The smallest absolute Gasteiger partial charge is 0.210 e. The molecule has 1 saturated carbocycles. The molecule has 2 fully saturated rings. The average Bonchev–Trinajstić information content (AvgIpc) is 3.26. The Balaban J connectivity index is 1.46. The van der Waals surface area contributed by atoms with Crippen LogP contribution in [0, 0.1) is 12.5 Å². The maximum absolute atomic E-state index is 6.89. The number of hydrogen-bond acceptors (Lipinski definition) is 3. The van der Waals surface area contributed by atoms with Crippen molar-refractivity contribution >= 4 is 5.69 Å². The van der Waals surface area contributed by atoms with E-state index >= 15 is 0 Å². The molecule has 0 unspecified atom stereocenters. The minimum absolute atomic E-state index is 0.279. The molecule has 4 nitrogen and oxygen atoms in total. The highest BCUT2D eigenvalue weighted by Crippen LogP contribution is 2.30. The minimum Gasteiger partial charge on any atom is -0.474 e. The van der Waals surface area contributed by atoms with Crippen LogP contribution in [0.5, 0.6) is 5.88 Å². The Morgan fingerprint density at radius 1 is 1.26 bits per heavy atom. The van der Waals surface area contributed by atoms with Crippen molar-refractivity contribution in [3.8, 4) is 5.88 Å². The maximum Gasteiger partial charge on any atom is 0.210 e. The SMILES string of the molecule is [C-]#[N+]c1ccc(OC2CCN(CC3CC3)CC2)nc1. The van der Waals surface area contributed by atoms with Gasteiger partial charge in [0.05, 0.1) is 6.57 Å². The van der Waals surface area contributed by atoms with E-state index in [0.29, 0.717) is 11.6 Å². The van der Waals surface area contributed by atoms with E-state index in [0.717, 1.165) is 31.8 Å². The van der Waals surface area contributed by atoms with Gasteiger partial charge in [-0.3, -0.25) is 0 Å². The van der Waals surface area contributed by atoms with Crippen LogP contribution in [0.1, 0.15) is 25.7 Å². The van der Waals surface area contributed by atoms with Gasteiger partial charge in [-0.1, -0.05) is 0 Å². The molecule has 0 bridgehead atoms. The molecule has 0 aromatic carbocycles. The lowest BCUT2D eigenvalue weighted by Crippen LogP contribution is -2.39. The Bertz CT molecular complexity index is 453. The molecule has 100 valence electrons. The second kappa shape index (κ2) is 5.58. The molecule has 1 aliphatic carbocycles. The largest absolute Gasteiger partial charge is 0.474 e. The molecule has 1 aromatic heterocycles. The van der Waals surface area contributed by atoms with Crippen LogP contribution in [-0.4, -0.2) is 35.6 Å². The summed E-state index contributed by atoms with van der Waals surface area (Å²) in [6, 6.07) is 3.56. The lowest BCUT2D eigenvalue weighted by Gasteiger charge is -2.31. The molecule has 3 rings (SSSR count). The highest BCUT2D eigenvalue weighted by molar-refractivity contribution is 5.42. The molecule has 2 aliphatic rings. The predicted octanol–water partition coefficient (Wildman–Crippen LogP) is 2.89. The number of likely N-dealkylation sites (tertiary alicyclic amines) is 1. The topological polar surface area (TPSA) is 29.7 Å². The molecule has 19 heavy (non-hydrogen) atoms. The summed E-state index contributed by atoms with van der Waals surface area (Å²) >= 11 is 0. The zero-order chi connectivity index (χ0) is 13.1. The fourth-order valence-electron chi connectivity index (χ4n) is 2.55. The van der Waals surface area contributed by atoms with E-state index in [-0.39, 0.29) is 6.10 Å². The van der Waals surface area contributed by atoms with Gasteiger partial charge in [0.1, 0.15) is 6.10 Å². The molecule has 0 radical (unpaired) electrons. The van der Waals surface area contributed by atoms with Crippen LogP contribution >= 0.6 is 0 Å². The van der Waals surface area contributed by atoms with E-state index in [1.54, 1.807) is 18.3 Å². The van der Waals surface area contributed by atoms with E-state index in [1.807, 2.05) is 0 Å². The summed E-state index contributed by atoms with van der Waals surface area (Å²) in [6.07, 6.45) is 6.87. The first-order chi connectivity index (χ1) is 9.33. The third-order valence-corrected chi connectivity index (χ3v) is 3.89. The number of piperidine rings is 1. The molecule has 0 atom stereocenters. The van der Waals surface area contributed by atoms with Gasteiger partial charge in [0.25, 0.3) is 0 Å². The van der Waals surface area contributed by atoms with Gasteiger partial charge in [0.2, 0.25) is 11.6 Å². The van der Waals surface area contributed by atoms with Crippen molar-refractivity contribution in [3.63, 3.8) is 0 Å². The fraction of sp³-hybridized carbons (Fsp3) is 0.600. The summed E-state index contributed by atoms with van der Waals surface area (Å²) < 4.78 is 5.88. The highest BCUT2D eigenvalue weighted by atomic mass is 16.5. The molecule has 2 heterocycles. The van der Waals surface area contributed by atoms with Crippen LogP contribution < -0.4 is 4.74 Å². The summed E-state index contributed by atoms with van der Waals surface area (Å²) in [5.41, 5.74) is 0.562. The Morgan fingerprint density at radius 2 is 2.05 bits per heavy atom. The molecule has 4 heteroatoms. The van der Waals surface area contributed by atoms with Crippen LogP contribution in [-0.2, 0) is 0 Å². The summed E-state index contributed by atoms with van der Waals surface area (Å²) in [6.45, 7) is 10.5. The zero-order valence-corrected chi connectivity index (χ0v) is 11.1. The third-order valence-electron chi connectivity index (χ3n) is 3.89. The van der Waals surface area contributed by atoms with E-state index in [1.165, 1.54) is 19.4 Å². The van der Waals surface area contributed by atoms with E-state index in [9.17, 15) is 0 Å². The molecule has 0 N–H and O–H groups in total. The van der Waals surface area contributed by atoms with Gasteiger partial charge in [-0.15, -0.1) is 0 Å². The Morgan fingerprint density at radius 3 is 2.63 bits per heavy atom. The first-order valence-electron chi connectivity index (χ1n) is 7.06. The lowest BCUT2D eigenvalue weighted by atomic mass is 10.1. The minimum atomic E-state index is 0.279. The predicted molar refractivity (Wildman–Crippen MR) is 73.3 cm³/mol. The number of rotatable bonds is 4. The van der Waals surface area contributed by atoms with E-state index < -0.39 is 0 Å². The molecule has 1 saturated heterocycles. The lowest BCUT2D eigenvalue weighted by molar-refractivity contribution is 0.0945. The molecular formula is C15H19N3O. The highest BCUT2D eigenvalue weighted by Gasteiger charge is 2.27. The van der Waals surface area contributed by atoms with Crippen molar-refractivity contribution in [2.24, 2.45) is 5.92 Å². The van der Waals surface area contributed by atoms with Gasteiger partial charge >= 0.3 is 0 Å². The van der Waals surface area contributed by atoms with Crippen molar-refractivity contribution < 1.29 is 4.74 Å². The van der Waals surface area contributed by atoms with Gasteiger partial charge in [-0.25, -0.2) is 9.83 Å². The Labute approximate surface area is 114 Å². The monoisotopic (exact) mass is 257 g/mol. The quantitative estimate of drug-likeness (QED) is 0.777. The third kappa shape index (κ3) is 3.45. The summed E-state index contributed by atoms with van der Waals surface area (Å²) in [5.74, 6) is 1.62. The van der Waals surface area contributed by atoms with Crippen molar-refractivity contribution in [3.05, 3.63) is 29.7 Å². The molecule has 1 aliphatic heterocycles. The number of pyridine rings is 1. The Hall–Kier alpha value is -1.60. The van der Waals surface area contributed by atoms with Crippen LogP contribution in [0.2, 0.25) is 0 Å². The number of aromatic nitrogens is 1. The average molecular weight is 257 g/mol. The van der Waals surface area contributed by atoms with Crippen LogP contribution in [0.3, 0.4) is 0 Å². The van der Waals surface area contributed by atoms with Gasteiger partial charge in [0, 0.05) is 25.8 Å². The summed E-state index contributed by atoms with van der Waals surface area (Å²) in [7, 11) is 0. The summed E-state index contributed by atoms with van der Waals surface area (Å²) in [5, 5.41) is 0. The van der Waals surface area contributed by atoms with E-state index in [4.69, 9.17) is 11.3 Å². The number of ether oxygens (including phenoxy) is 1. The van der Waals surface area contributed by atoms with Crippen molar-refractivity contribution in [2.45, 2.75) is 31.8 Å². The fourth-order valence-corrected chi connectivity index (χ4v) is 2.55. The first-order valence-corrected chi connectivity index (χ1v) is 7.06. The van der Waals surface area contributed by atoms with Crippen LogP contribution in [0.4, 0.5) is 5.69 Å². The maximum atomic E-state index is 6.89. The summed E-state index contributed by atoms with van der Waals surface area (Å²) in [4.78, 5) is 10.1. The molecule has 0 spiro atoms.